The highest BCUT2D eigenvalue weighted by atomic mass is 35.5. The molecular formula is C25H21ClN2O5S. The number of benzene rings is 2. The summed E-state index contributed by atoms with van der Waals surface area (Å²) in [5.41, 5.74) is 1.99. The van der Waals surface area contributed by atoms with Gasteiger partial charge < -0.3 is 9.84 Å². The zero-order valence-corrected chi connectivity index (χ0v) is 20.2. The fourth-order valence-electron chi connectivity index (χ4n) is 3.69. The molecule has 9 heteroatoms. The lowest BCUT2D eigenvalue weighted by molar-refractivity contribution is -0.143. The van der Waals surface area contributed by atoms with Crippen molar-refractivity contribution in [2.45, 2.75) is 32.9 Å². The summed E-state index contributed by atoms with van der Waals surface area (Å²) in [7, 11) is 0. The fourth-order valence-corrected chi connectivity index (χ4v) is 4.87. The number of carbonyl (C=O) groups is 2. The van der Waals surface area contributed by atoms with Crippen molar-refractivity contribution in [3.8, 4) is 0 Å². The number of aromatic carboxylic acids is 1. The molecule has 174 valence electrons. The van der Waals surface area contributed by atoms with E-state index in [1.165, 1.54) is 28.0 Å². The Morgan fingerprint density at radius 1 is 1.15 bits per heavy atom. The SMILES string of the molecule is CC1=C(C(=O)OC(C)C)C(c2ccc(Cl)cc2)n2c(sc(=Cc3ccc(C(=O)O)cc3)c2=O)=N1. The van der Waals surface area contributed by atoms with Gasteiger partial charge in [0.2, 0.25) is 0 Å². The minimum absolute atomic E-state index is 0.158. The van der Waals surface area contributed by atoms with Crippen molar-refractivity contribution in [2.75, 3.05) is 0 Å². The number of carboxylic acid groups (broad SMARTS) is 1. The van der Waals surface area contributed by atoms with Crippen LogP contribution in [-0.4, -0.2) is 27.7 Å². The molecule has 1 aliphatic rings. The van der Waals surface area contributed by atoms with Crippen LogP contribution in [0, 0.1) is 0 Å². The van der Waals surface area contributed by atoms with Crippen LogP contribution in [0.25, 0.3) is 6.08 Å². The molecule has 0 saturated heterocycles. The number of halogens is 1. The number of rotatable bonds is 5. The molecule has 0 aliphatic carbocycles. The van der Waals surface area contributed by atoms with Gasteiger partial charge >= 0.3 is 11.9 Å². The lowest BCUT2D eigenvalue weighted by atomic mass is 9.96. The Hall–Kier alpha value is -3.49. The van der Waals surface area contributed by atoms with Crippen LogP contribution >= 0.6 is 22.9 Å². The van der Waals surface area contributed by atoms with E-state index in [0.29, 0.717) is 36.8 Å². The zero-order chi connectivity index (χ0) is 24.6. The molecule has 1 N–H and O–H groups in total. The van der Waals surface area contributed by atoms with Gasteiger partial charge in [-0.1, -0.05) is 47.2 Å². The first kappa shape index (κ1) is 23.7. The summed E-state index contributed by atoms with van der Waals surface area (Å²) in [6.45, 7) is 5.24. The number of carbonyl (C=O) groups excluding carboxylic acids is 1. The largest absolute Gasteiger partial charge is 0.478 e. The maximum absolute atomic E-state index is 13.5. The highest BCUT2D eigenvalue weighted by molar-refractivity contribution is 7.07. The standard InChI is InChI=1S/C25H21ClN2O5S/c1-13(2)33-24(32)20-14(3)27-25-28(21(20)16-8-10-18(26)11-9-16)22(29)19(34-25)12-15-4-6-17(7-5-15)23(30)31/h4-13,21H,1-3H3,(H,30,31). The molecule has 1 aromatic heterocycles. The number of hydrogen-bond donors (Lipinski definition) is 1. The number of nitrogens with zero attached hydrogens (tertiary/aromatic N) is 2. The van der Waals surface area contributed by atoms with Gasteiger partial charge in [-0.2, -0.15) is 0 Å². The second-order valence-corrected chi connectivity index (χ2v) is 9.46. The quantitative estimate of drug-likeness (QED) is 0.545. The molecule has 2 aromatic carbocycles. The number of hydrogen-bond acceptors (Lipinski definition) is 6. The van der Waals surface area contributed by atoms with Crippen LogP contribution in [0.3, 0.4) is 0 Å². The van der Waals surface area contributed by atoms with E-state index in [2.05, 4.69) is 4.99 Å². The minimum atomic E-state index is -1.02. The van der Waals surface area contributed by atoms with Crippen molar-refractivity contribution < 1.29 is 19.4 Å². The van der Waals surface area contributed by atoms with Crippen LogP contribution in [-0.2, 0) is 9.53 Å². The Labute approximate surface area is 203 Å². The number of ether oxygens (including phenoxy) is 1. The van der Waals surface area contributed by atoms with E-state index in [1.807, 2.05) is 0 Å². The van der Waals surface area contributed by atoms with Crippen LogP contribution in [0.1, 0.15) is 48.3 Å². The third kappa shape index (κ3) is 4.60. The molecule has 0 amide bonds. The normalized spacial score (nSPS) is 15.8. The average Bonchev–Trinajstić information content (AvgIpc) is 3.07. The van der Waals surface area contributed by atoms with Crippen LogP contribution < -0.4 is 14.9 Å². The van der Waals surface area contributed by atoms with Crippen LogP contribution in [0.5, 0.6) is 0 Å². The van der Waals surface area contributed by atoms with Gasteiger partial charge in [-0.25, -0.2) is 14.6 Å². The number of fused-ring (bicyclic) bond motifs is 1. The molecule has 7 nitrogen and oxygen atoms in total. The van der Waals surface area contributed by atoms with Crippen LogP contribution in [0.4, 0.5) is 0 Å². The van der Waals surface area contributed by atoms with Crippen LogP contribution in [0.15, 0.2) is 69.6 Å². The number of carboxylic acids is 1. The topological polar surface area (TPSA) is 98.0 Å². The van der Waals surface area contributed by atoms with Gasteiger partial charge in [-0.15, -0.1) is 0 Å². The molecular weight excluding hydrogens is 476 g/mol. The Kier molecular flexibility index (Phi) is 6.54. The maximum Gasteiger partial charge on any atom is 0.338 e. The second-order valence-electron chi connectivity index (χ2n) is 8.01. The highest BCUT2D eigenvalue weighted by Gasteiger charge is 2.33. The first-order valence-corrected chi connectivity index (χ1v) is 11.7. The van der Waals surface area contributed by atoms with Gasteiger partial charge in [0.25, 0.3) is 5.56 Å². The molecule has 34 heavy (non-hydrogen) atoms. The Morgan fingerprint density at radius 3 is 2.38 bits per heavy atom. The molecule has 2 heterocycles. The molecule has 1 atom stereocenters. The Morgan fingerprint density at radius 2 is 1.79 bits per heavy atom. The third-order valence-corrected chi connectivity index (χ3v) is 6.46. The molecule has 0 radical (unpaired) electrons. The van der Waals surface area contributed by atoms with Crippen molar-refractivity contribution in [1.29, 1.82) is 0 Å². The number of allylic oxidation sites excluding steroid dienone is 1. The summed E-state index contributed by atoms with van der Waals surface area (Å²) in [6.07, 6.45) is 1.34. The molecule has 4 rings (SSSR count). The lowest BCUT2D eigenvalue weighted by Crippen LogP contribution is -2.40. The lowest BCUT2D eigenvalue weighted by Gasteiger charge is -2.25. The number of aromatic nitrogens is 1. The van der Waals surface area contributed by atoms with E-state index in [1.54, 1.807) is 63.2 Å². The number of esters is 1. The Bertz CT molecular complexity index is 1480. The predicted octanol–water partition coefficient (Wildman–Crippen LogP) is 3.54. The van der Waals surface area contributed by atoms with E-state index in [4.69, 9.17) is 21.4 Å². The second kappa shape index (κ2) is 9.40. The van der Waals surface area contributed by atoms with E-state index in [9.17, 15) is 14.4 Å². The summed E-state index contributed by atoms with van der Waals surface area (Å²) < 4.78 is 7.38. The van der Waals surface area contributed by atoms with Crippen molar-refractivity contribution in [3.63, 3.8) is 0 Å². The van der Waals surface area contributed by atoms with E-state index in [-0.39, 0.29) is 17.2 Å². The van der Waals surface area contributed by atoms with Gasteiger partial charge in [-0.05, 0) is 62.2 Å². The summed E-state index contributed by atoms with van der Waals surface area (Å²) >= 11 is 7.27. The van der Waals surface area contributed by atoms with E-state index >= 15 is 0 Å². The first-order chi connectivity index (χ1) is 16.2. The summed E-state index contributed by atoms with van der Waals surface area (Å²) in [5.74, 6) is -1.56. The molecule has 3 aromatic rings. The van der Waals surface area contributed by atoms with Gasteiger partial charge in [0.05, 0.1) is 33.5 Å². The van der Waals surface area contributed by atoms with E-state index in [0.717, 1.165) is 0 Å². The molecule has 1 aliphatic heterocycles. The number of thiazole rings is 1. The minimum Gasteiger partial charge on any atom is -0.478 e. The van der Waals surface area contributed by atoms with Gasteiger partial charge in [0.15, 0.2) is 4.80 Å². The van der Waals surface area contributed by atoms with Crippen molar-refractivity contribution in [2.24, 2.45) is 4.99 Å². The molecule has 0 bridgehead atoms. The molecule has 0 fully saturated rings. The molecule has 0 saturated carbocycles. The van der Waals surface area contributed by atoms with Gasteiger partial charge in [-0.3, -0.25) is 9.36 Å². The summed E-state index contributed by atoms with van der Waals surface area (Å²) in [6, 6.07) is 12.5. The van der Waals surface area contributed by atoms with Crippen molar-refractivity contribution >= 4 is 41.0 Å². The Balaban J connectivity index is 1.90. The molecule has 0 spiro atoms. The highest BCUT2D eigenvalue weighted by Crippen LogP contribution is 2.31. The fraction of sp³-hybridized carbons (Fsp3) is 0.200. The predicted molar refractivity (Wildman–Crippen MR) is 130 cm³/mol. The third-order valence-electron chi connectivity index (χ3n) is 5.23. The zero-order valence-electron chi connectivity index (χ0n) is 18.6. The molecule has 1 unspecified atom stereocenters. The van der Waals surface area contributed by atoms with Crippen molar-refractivity contribution in [1.82, 2.24) is 4.57 Å². The van der Waals surface area contributed by atoms with Gasteiger partial charge in [0, 0.05) is 5.02 Å². The smallest absolute Gasteiger partial charge is 0.338 e. The average molecular weight is 497 g/mol. The summed E-state index contributed by atoms with van der Waals surface area (Å²) in [4.78, 5) is 42.7. The maximum atomic E-state index is 13.5. The van der Waals surface area contributed by atoms with E-state index < -0.39 is 18.0 Å². The monoisotopic (exact) mass is 496 g/mol. The first-order valence-electron chi connectivity index (χ1n) is 10.5. The van der Waals surface area contributed by atoms with Crippen molar-refractivity contribution in [3.05, 3.63) is 101 Å². The van der Waals surface area contributed by atoms with Gasteiger partial charge in [0.1, 0.15) is 0 Å². The summed E-state index contributed by atoms with van der Waals surface area (Å²) in [5, 5.41) is 9.63. The van der Waals surface area contributed by atoms with Crippen LogP contribution in [0.2, 0.25) is 5.02 Å².